The molecule has 0 spiro atoms. The van der Waals surface area contributed by atoms with E-state index in [4.69, 9.17) is 0 Å². The third-order valence-corrected chi connectivity index (χ3v) is 8.34. The van der Waals surface area contributed by atoms with E-state index in [0.717, 1.165) is 11.1 Å². The molecule has 29 heavy (non-hydrogen) atoms. The van der Waals surface area contributed by atoms with Crippen molar-refractivity contribution >= 4 is 29.7 Å². The Kier molecular flexibility index (Phi) is 14.2. The Morgan fingerprint density at radius 1 is 0.655 bits per heavy atom. The van der Waals surface area contributed by atoms with Gasteiger partial charge >= 0.3 is 0 Å². The SMILES string of the molecule is C[N-]C.C[Si](C)C1C=Cc2ccccc21.C[Si](C)C1C=Cc2ccccc21.[Cl-].[Hf]. The summed E-state index contributed by atoms with van der Waals surface area (Å²) in [6, 6.07) is 17.4. The molecule has 2 aliphatic rings. The van der Waals surface area contributed by atoms with Crippen molar-refractivity contribution in [2.24, 2.45) is 0 Å². The molecule has 2 radical (unpaired) electrons. The second-order valence-electron chi connectivity index (χ2n) is 7.53. The molecule has 0 saturated carbocycles. The van der Waals surface area contributed by atoms with Crippen LogP contribution >= 0.6 is 0 Å². The van der Waals surface area contributed by atoms with Gasteiger partial charge in [-0.05, 0) is 33.3 Å². The Morgan fingerprint density at radius 2 is 0.966 bits per heavy atom. The van der Waals surface area contributed by atoms with Gasteiger partial charge in [0.05, 0.1) is 17.6 Å². The van der Waals surface area contributed by atoms with Crippen molar-refractivity contribution < 1.29 is 38.3 Å². The quantitative estimate of drug-likeness (QED) is 0.464. The first-order valence-corrected chi connectivity index (χ1v) is 14.8. The molecule has 2 unspecified atom stereocenters. The van der Waals surface area contributed by atoms with Crippen LogP contribution in [0.2, 0.25) is 26.2 Å². The van der Waals surface area contributed by atoms with E-state index < -0.39 is 0 Å². The maximum absolute atomic E-state index is 3.50. The van der Waals surface area contributed by atoms with Gasteiger partial charge in [-0.15, -0.1) is 0 Å². The first-order valence-electron chi connectivity index (χ1n) is 9.61. The van der Waals surface area contributed by atoms with Crippen molar-refractivity contribution in [1.82, 2.24) is 0 Å². The standard InChI is InChI=1S/2C11H13Si.C2H6N.ClH.Hf/c2*1-12(2)11-8-7-9-5-3-4-6-10(9)11;1-3-2;;/h2*3-8,11H,1-2H3;1-2H3;1H;/q;;-1;;/p-1. The summed E-state index contributed by atoms with van der Waals surface area (Å²) in [4.78, 5) is 0. The number of nitrogens with zero attached hydrogens (tertiary/aromatic N) is 1. The molecular formula is C24H32ClHfNSi2-2. The normalized spacial score (nSPS) is 17.2. The van der Waals surface area contributed by atoms with Crippen molar-refractivity contribution in [2.45, 2.75) is 37.3 Å². The van der Waals surface area contributed by atoms with Gasteiger partial charge in [0.1, 0.15) is 0 Å². The van der Waals surface area contributed by atoms with E-state index in [9.17, 15) is 0 Å². The van der Waals surface area contributed by atoms with E-state index in [-0.39, 0.29) is 55.8 Å². The monoisotopic (exact) mass is 605 g/mol. The molecule has 0 N–H and O–H groups in total. The largest absolute Gasteiger partial charge is 1.00 e. The van der Waals surface area contributed by atoms with Crippen LogP contribution in [-0.4, -0.2) is 31.7 Å². The summed E-state index contributed by atoms with van der Waals surface area (Å²) in [5.74, 6) is 0. The van der Waals surface area contributed by atoms with E-state index in [1.54, 1.807) is 14.1 Å². The van der Waals surface area contributed by atoms with Crippen LogP contribution in [0.4, 0.5) is 0 Å². The topological polar surface area (TPSA) is 14.1 Å². The Hall–Kier alpha value is -0.526. The zero-order valence-corrected chi connectivity index (χ0v) is 24.8. The predicted molar refractivity (Wildman–Crippen MR) is 127 cm³/mol. The summed E-state index contributed by atoms with van der Waals surface area (Å²) < 4.78 is 0. The number of fused-ring (bicyclic) bond motifs is 2. The second kappa shape index (κ2) is 14.5. The molecule has 0 heterocycles. The smallest absolute Gasteiger partial charge is 0.0548 e. The molecule has 0 bridgehead atoms. The molecule has 5 heteroatoms. The van der Waals surface area contributed by atoms with Crippen molar-refractivity contribution in [1.29, 1.82) is 0 Å². The molecule has 0 fully saturated rings. The van der Waals surface area contributed by atoms with Crippen LogP contribution in [0, 0.1) is 0 Å². The van der Waals surface area contributed by atoms with Gasteiger partial charge < -0.3 is 17.7 Å². The Morgan fingerprint density at radius 3 is 1.28 bits per heavy atom. The van der Waals surface area contributed by atoms with Gasteiger partial charge in [-0.1, -0.05) is 99.0 Å². The third kappa shape index (κ3) is 7.91. The molecule has 2 aromatic rings. The van der Waals surface area contributed by atoms with Gasteiger partial charge in [-0.25, -0.2) is 0 Å². The molecule has 0 saturated heterocycles. The Balaban J connectivity index is 0.000000450. The minimum atomic E-state index is -0.211. The van der Waals surface area contributed by atoms with Crippen LogP contribution in [0.1, 0.15) is 33.3 Å². The Bertz CT molecular complexity index is 724. The molecule has 2 aliphatic carbocycles. The number of hydrogen-bond donors (Lipinski definition) is 0. The van der Waals surface area contributed by atoms with Crippen molar-refractivity contribution in [3.05, 3.63) is 88.3 Å². The van der Waals surface area contributed by atoms with E-state index in [0.29, 0.717) is 0 Å². The van der Waals surface area contributed by atoms with Crippen LogP contribution in [0.15, 0.2) is 60.7 Å². The summed E-state index contributed by atoms with van der Waals surface area (Å²) in [6.45, 7) is 9.51. The van der Waals surface area contributed by atoms with Gasteiger partial charge in [0.2, 0.25) is 0 Å². The first-order chi connectivity index (χ1) is 13.0. The average molecular weight is 605 g/mol. The van der Waals surface area contributed by atoms with Crippen LogP contribution < -0.4 is 12.4 Å². The zero-order chi connectivity index (χ0) is 19.8. The summed E-state index contributed by atoms with van der Waals surface area (Å²) in [5, 5.41) is 3.50. The third-order valence-electron chi connectivity index (χ3n) is 4.84. The van der Waals surface area contributed by atoms with Crippen molar-refractivity contribution in [3.63, 3.8) is 0 Å². The van der Waals surface area contributed by atoms with E-state index in [1.165, 1.54) is 22.3 Å². The molecule has 1 nitrogen and oxygen atoms in total. The van der Waals surface area contributed by atoms with Crippen LogP contribution in [0.25, 0.3) is 17.5 Å². The van der Waals surface area contributed by atoms with Gasteiger partial charge in [0.25, 0.3) is 0 Å². The maximum Gasteiger partial charge on any atom is 0.0548 e. The molecule has 0 aliphatic heterocycles. The van der Waals surface area contributed by atoms with Gasteiger partial charge in [-0.2, -0.15) is 14.1 Å². The van der Waals surface area contributed by atoms with Crippen LogP contribution in [0.5, 0.6) is 0 Å². The first kappa shape index (κ1) is 28.5. The summed E-state index contributed by atoms with van der Waals surface area (Å²) in [7, 11) is 3.08. The summed E-state index contributed by atoms with van der Waals surface area (Å²) in [6.07, 6.45) is 9.24. The number of hydrogen-bond acceptors (Lipinski definition) is 0. The number of halogens is 1. The second-order valence-corrected chi connectivity index (χ2v) is 13.1. The molecule has 2 atom stereocenters. The number of benzene rings is 2. The minimum Gasteiger partial charge on any atom is -1.00 e. The molecule has 0 amide bonds. The average Bonchev–Trinajstić information content (AvgIpc) is 3.27. The van der Waals surface area contributed by atoms with Crippen molar-refractivity contribution in [2.75, 3.05) is 14.1 Å². The fourth-order valence-electron chi connectivity index (χ4n) is 3.51. The summed E-state index contributed by atoms with van der Waals surface area (Å²) in [5.41, 5.74) is 7.41. The number of rotatable bonds is 2. The molecule has 2 aromatic carbocycles. The molecule has 4 rings (SSSR count). The summed E-state index contributed by atoms with van der Waals surface area (Å²) >= 11 is 0. The van der Waals surface area contributed by atoms with E-state index in [2.05, 4.69) is 104 Å². The zero-order valence-electron chi connectivity index (χ0n) is 18.4. The van der Waals surface area contributed by atoms with Gasteiger partial charge in [-0.3, -0.25) is 0 Å². The van der Waals surface area contributed by atoms with E-state index >= 15 is 0 Å². The molecule has 154 valence electrons. The van der Waals surface area contributed by atoms with Crippen molar-refractivity contribution in [3.8, 4) is 0 Å². The fourth-order valence-corrected chi connectivity index (χ4v) is 6.24. The predicted octanol–water partition coefficient (Wildman–Crippen LogP) is 3.80. The van der Waals surface area contributed by atoms with E-state index in [1.807, 2.05) is 0 Å². The molecular weight excluding hydrogens is 572 g/mol. The fraction of sp³-hybridized carbons (Fsp3) is 0.333. The Labute approximate surface area is 206 Å². The van der Waals surface area contributed by atoms with Crippen LogP contribution in [0.3, 0.4) is 0 Å². The van der Waals surface area contributed by atoms with Gasteiger partial charge in [0, 0.05) is 25.8 Å². The minimum absolute atomic E-state index is 0. The number of allylic oxidation sites excluding steroid dienone is 2. The maximum atomic E-state index is 3.50. The van der Waals surface area contributed by atoms with Gasteiger partial charge in [0.15, 0.2) is 0 Å². The molecule has 0 aromatic heterocycles. The van der Waals surface area contributed by atoms with Crippen LogP contribution in [-0.2, 0) is 25.8 Å².